The van der Waals surface area contributed by atoms with E-state index in [1.165, 1.54) is 6.21 Å². The van der Waals surface area contributed by atoms with E-state index in [1.807, 2.05) is 0 Å². The second kappa shape index (κ2) is 6.14. The van der Waals surface area contributed by atoms with Crippen LogP contribution in [0, 0.1) is 6.92 Å². The first-order valence-corrected chi connectivity index (χ1v) is 6.96. The molecule has 7 nitrogen and oxygen atoms in total. The third kappa shape index (κ3) is 3.42. The van der Waals surface area contributed by atoms with Gasteiger partial charge >= 0.3 is 5.69 Å². The highest BCUT2D eigenvalue weighted by molar-refractivity contribution is 9.11. The number of halogens is 2. The molecule has 20 heavy (non-hydrogen) atoms. The lowest BCUT2D eigenvalue weighted by atomic mass is 10.2. The van der Waals surface area contributed by atoms with Crippen LogP contribution in [-0.2, 0) is 0 Å². The Kier molecular flexibility index (Phi) is 4.50. The Morgan fingerprint density at radius 3 is 2.95 bits per heavy atom. The lowest BCUT2D eigenvalue weighted by Crippen LogP contribution is -2.15. The summed E-state index contributed by atoms with van der Waals surface area (Å²) in [6.07, 6.45) is 1.41. The van der Waals surface area contributed by atoms with E-state index < -0.39 is 5.69 Å². The van der Waals surface area contributed by atoms with E-state index in [1.54, 1.807) is 19.1 Å². The van der Waals surface area contributed by atoms with Crippen LogP contribution in [0.4, 0.5) is 5.82 Å². The van der Waals surface area contributed by atoms with Gasteiger partial charge in [-0.2, -0.15) is 15.2 Å². The molecule has 0 spiro atoms. The summed E-state index contributed by atoms with van der Waals surface area (Å²) in [5, 5.41) is 19.7. The van der Waals surface area contributed by atoms with Gasteiger partial charge in [0.1, 0.15) is 11.4 Å². The van der Waals surface area contributed by atoms with E-state index in [2.05, 4.69) is 57.6 Å². The van der Waals surface area contributed by atoms with Crippen LogP contribution in [0.25, 0.3) is 0 Å². The van der Waals surface area contributed by atoms with Crippen LogP contribution in [0.2, 0.25) is 0 Å². The normalized spacial score (nSPS) is 10.9. The number of H-pyrrole nitrogens is 1. The number of benzene rings is 1. The zero-order chi connectivity index (χ0) is 14.7. The summed E-state index contributed by atoms with van der Waals surface area (Å²) in [6.45, 7) is 1.67. The average Bonchev–Trinajstić information content (AvgIpc) is 2.39. The maximum absolute atomic E-state index is 11.0. The van der Waals surface area contributed by atoms with Crippen molar-refractivity contribution in [3.63, 3.8) is 0 Å². The monoisotopic (exact) mass is 401 g/mol. The van der Waals surface area contributed by atoms with Crippen LogP contribution in [0.1, 0.15) is 11.3 Å². The Labute approximate surface area is 130 Å². The summed E-state index contributed by atoms with van der Waals surface area (Å²) in [4.78, 5) is 14.7. The van der Waals surface area contributed by atoms with E-state index in [9.17, 15) is 9.90 Å². The molecular weight excluding hydrogens is 394 g/mol. The lowest BCUT2D eigenvalue weighted by molar-refractivity contribution is 0.471. The molecule has 0 aliphatic heterocycles. The molecule has 2 rings (SSSR count). The minimum atomic E-state index is -0.568. The fourth-order valence-corrected chi connectivity index (χ4v) is 2.60. The van der Waals surface area contributed by atoms with Crippen molar-refractivity contribution in [2.24, 2.45) is 5.10 Å². The topological polar surface area (TPSA) is 103 Å². The highest BCUT2D eigenvalue weighted by Crippen LogP contribution is 2.30. The number of aryl methyl sites for hydroxylation is 1. The minimum Gasteiger partial charge on any atom is -0.506 e. The van der Waals surface area contributed by atoms with Crippen LogP contribution >= 0.6 is 31.9 Å². The molecule has 1 aromatic heterocycles. The Morgan fingerprint density at radius 2 is 2.20 bits per heavy atom. The van der Waals surface area contributed by atoms with Crippen LogP contribution < -0.4 is 11.1 Å². The van der Waals surface area contributed by atoms with Gasteiger partial charge in [0, 0.05) is 10.0 Å². The van der Waals surface area contributed by atoms with Crippen LogP contribution in [0.3, 0.4) is 0 Å². The highest BCUT2D eigenvalue weighted by Gasteiger charge is 2.05. The number of hydrogen-bond donors (Lipinski definition) is 3. The van der Waals surface area contributed by atoms with E-state index >= 15 is 0 Å². The van der Waals surface area contributed by atoms with Crippen LogP contribution in [-0.4, -0.2) is 26.5 Å². The SMILES string of the molecule is Cc1n[nH]c(=O)nc1N/N=C/c1cc(Br)cc(Br)c1O. The molecule has 0 fully saturated rings. The second-order valence-electron chi connectivity index (χ2n) is 3.77. The van der Waals surface area contributed by atoms with Crippen molar-refractivity contribution >= 4 is 43.9 Å². The Hall–Kier alpha value is -1.74. The van der Waals surface area contributed by atoms with E-state index in [4.69, 9.17) is 0 Å². The number of hydrazone groups is 1. The molecule has 3 N–H and O–H groups in total. The molecule has 1 heterocycles. The summed E-state index contributed by atoms with van der Waals surface area (Å²) in [5.74, 6) is 0.311. The number of rotatable bonds is 3. The molecule has 0 unspecified atom stereocenters. The van der Waals surface area contributed by atoms with Crippen molar-refractivity contribution in [1.82, 2.24) is 15.2 Å². The summed E-state index contributed by atoms with van der Waals surface area (Å²) in [7, 11) is 0. The molecule has 0 bridgehead atoms. The predicted molar refractivity (Wildman–Crippen MR) is 82.1 cm³/mol. The summed E-state index contributed by atoms with van der Waals surface area (Å²) in [5.41, 5.74) is 3.03. The largest absolute Gasteiger partial charge is 0.506 e. The Bertz CT molecular complexity index is 729. The quantitative estimate of drug-likeness (QED) is 0.539. The molecule has 104 valence electrons. The predicted octanol–water partition coefficient (Wildman–Crippen LogP) is 2.15. The summed E-state index contributed by atoms with van der Waals surface area (Å²) in [6, 6.07) is 3.41. The number of nitrogens with zero attached hydrogens (tertiary/aromatic N) is 3. The van der Waals surface area contributed by atoms with Crippen molar-refractivity contribution in [2.45, 2.75) is 6.92 Å². The number of aromatic amines is 1. The molecule has 0 atom stereocenters. The smallest absolute Gasteiger partial charge is 0.363 e. The lowest BCUT2D eigenvalue weighted by Gasteiger charge is -2.03. The van der Waals surface area contributed by atoms with Gasteiger partial charge in [-0.15, -0.1) is 0 Å². The number of anilines is 1. The van der Waals surface area contributed by atoms with Gasteiger partial charge in [0.15, 0.2) is 5.82 Å². The van der Waals surface area contributed by atoms with Gasteiger partial charge in [-0.1, -0.05) is 15.9 Å². The number of nitrogens with one attached hydrogen (secondary N) is 2. The number of aromatic nitrogens is 3. The van der Waals surface area contributed by atoms with E-state index in [0.717, 1.165) is 4.47 Å². The highest BCUT2D eigenvalue weighted by atomic mass is 79.9. The number of aromatic hydroxyl groups is 1. The van der Waals surface area contributed by atoms with Gasteiger partial charge in [-0.05, 0) is 35.0 Å². The fourth-order valence-electron chi connectivity index (χ4n) is 1.35. The molecule has 1 aromatic carbocycles. The van der Waals surface area contributed by atoms with Crippen molar-refractivity contribution < 1.29 is 5.11 Å². The molecule has 0 saturated heterocycles. The third-order valence-electron chi connectivity index (χ3n) is 2.31. The van der Waals surface area contributed by atoms with Crippen LogP contribution in [0.5, 0.6) is 5.75 Å². The summed E-state index contributed by atoms with van der Waals surface area (Å²) < 4.78 is 1.33. The Balaban J connectivity index is 2.22. The molecule has 0 amide bonds. The van der Waals surface area contributed by atoms with Gasteiger partial charge < -0.3 is 5.11 Å². The minimum absolute atomic E-state index is 0.0625. The van der Waals surface area contributed by atoms with Gasteiger partial charge in [-0.3, -0.25) is 5.43 Å². The average molecular weight is 403 g/mol. The Morgan fingerprint density at radius 1 is 1.45 bits per heavy atom. The van der Waals surface area contributed by atoms with Gasteiger partial charge in [0.25, 0.3) is 0 Å². The molecule has 9 heteroatoms. The maximum atomic E-state index is 11.0. The molecule has 0 radical (unpaired) electrons. The van der Waals surface area contributed by atoms with E-state index in [0.29, 0.717) is 15.7 Å². The molecule has 0 aliphatic rings. The first kappa shape index (κ1) is 14.7. The first-order valence-electron chi connectivity index (χ1n) is 5.38. The van der Waals surface area contributed by atoms with Crippen molar-refractivity contribution in [3.8, 4) is 5.75 Å². The zero-order valence-corrected chi connectivity index (χ0v) is 13.4. The number of hydrogen-bond acceptors (Lipinski definition) is 6. The number of phenols is 1. The van der Waals surface area contributed by atoms with Crippen LogP contribution in [0.15, 0.2) is 31.0 Å². The molecule has 2 aromatic rings. The number of phenolic OH excluding ortho intramolecular Hbond substituents is 1. The summed E-state index contributed by atoms with van der Waals surface area (Å²) >= 11 is 6.54. The first-order chi connectivity index (χ1) is 9.47. The third-order valence-corrected chi connectivity index (χ3v) is 3.37. The molecule has 0 saturated carbocycles. The second-order valence-corrected chi connectivity index (χ2v) is 5.54. The standard InChI is InChI=1S/C11H9Br2N5O2/c1-5-10(15-11(20)18-16-5)17-14-4-6-2-7(12)3-8(13)9(6)19/h2-4,19H,1H3,(H2,15,17,18,20)/b14-4+. The maximum Gasteiger partial charge on any atom is 0.363 e. The van der Waals surface area contributed by atoms with Crippen molar-refractivity contribution in [2.75, 3.05) is 5.43 Å². The fraction of sp³-hybridized carbons (Fsp3) is 0.0909. The zero-order valence-electron chi connectivity index (χ0n) is 10.2. The van der Waals surface area contributed by atoms with Gasteiger partial charge in [0.2, 0.25) is 0 Å². The van der Waals surface area contributed by atoms with Gasteiger partial charge in [-0.25, -0.2) is 9.89 Å². The van der Waals surface area contributed by atoms with Crippen molar-refractivity contribution in [3.05, 3.63) is 42.8 Å². The molecule has 0 aliphatic carbocycles. The van der Waals surface area contributed by atoms with Crippen molar-refractivity contribution in [1.29, 1.82) is 0 Å². The molecular formula is C11H9Br2N5O2. The van der Waals surface area contributed by atoms with E-state index in [-0.39, 0.29) is 11.6 Å². The van der Waals surface area contributed by atoms with Gasteiger partial charge in [0.05, 0.1) is 10.7 Å².